The number of aromatic nitrogens is 2. The molecule has 0 radical (unpaired) electrons. The topological polar surface area (TPSA) is 99.0 Å². The number of urea groups is 1. The molecule has 3 aromatic rings. The van der Waals surface area contributed by atoms with E-state index in [2.05, 4.69) is 15.5 Å². The third-order valence-corrected chi connectivity index (χ3v) is 5.62. The second-order valence-corrected chi connectivity index (χ2v) is 7.51. The number of carbonyl (C=O) groups is 1. The molecular weight excluding hydrogens is 402 g/mol. The summed E-state index contributed by atoms with van der Waals surface area (Å²) in [5.41, 5.74) is 3.47. The normalized spacial score (nSPS) is 15.4. The van der Waals surface area contributed by atoms with Gasteiger partial charge in [-0.1, -0.05) is 0 Å². The van der Waals surface area contributed by atoms with Crippen LogP contribution in [0.2, 0.25) is 0 Å². The van der Waals surface area contributed by atoms with Gasteiger partial charge in [0.05, 0.1) is 35.6 Å². The zero-order valence-corrected chi connectivity index (χ0v) is 17.3. The van der Waals surface area contributed by atoms with Gasteiger partial charge in [-0.3, -0.25) is 9.13 Å². The molecule has 1 fully saturated rings. The van der Waals surface area contributed by atoms with Gasteiger partial charge in [-0.2, -0.15) is 0 Å². The summed E-state index contributed by atoms with van der Waals surface area (Å²) in [7, 11) is 3.46. The Hall–Kier alpha value is -3.66. The standard InChI is InChI=1S/C21H23N5O5/c1-24-16-10-14(23-20(27)22-13-3-4-18-19(9-13)31-12-30-18)15(26-5-7-29-8-6-26)11-17(16)25(2)21(24)28/h3-4,9-11H,5-8,12H2,1-2H3,(H2,22,23,27). The number of hydrogen-bond acceptors (Lipinski definition) is 6. The van der Waals surface area contributed by atoms with Crippen LogP contribution in [0.25, 0.3) is 11.0 Å². The number of carbonyl (C=O) groups excluding carboxylic acids is 1. The van der Waals surface area contributed by atoms with Crippen LogP contribution in [0.3, 0.4) is 0 Å². The van der Waals surface area contributed by atoms with Crippen LogP contribution in [-0.4, -0.2) is 48.3 Å². The number of nitrogens with zero attached hydrogens (tertiary/aromatic N) is 3. The Morgan fingerprint density at radius 2 is 1.65 bits per heavy atom. The van der Waals surface area contributed by atoms with Gasteiger partial charge < -0.3 is 29.7 Å². The van der Waals surface area contributed by atoms with E-state index in [0.29, 0.717) is 49.2 Å². The van der Waals surface area contributed by atoms with E-state index < -0.39 is 6.03 Å². The first-order chi connectivity index (χ1) is 15.0. The molecule has 0 aliphatic carbocycles. The molecular formula is C21H23N5O5. The predicted octanol–water partition coefficient (Wildman–Crippen LogP) is 2.09. The van der Waals surface area contributed by atoms with Crippen molar-refractivity contribution in [2.24, 2.45) is 14.1 Å². The fraction of sp³-hybridized carbons (Fsp3) is 0.333. The van der Waals surface area contributed by atoms with Crippen molar-refractivity contribution < 1.29 is 19.0 Å². The number of hydrogen-bond donors (Lipinski definition) is 2. The van der Waals surface area contributed by atoms with Crippen LogP contribution in [0.15, 0.2) is 35.1 Å². The van der Waals surface area contributed by atoms with E-state index in [-0.39, 0.29) is 12.5 Å². The van der Waals surface area contributed by atoms with Crippen LogP contribution in [0.5, 0.6) is 11.5 Å². The van der Waals surface area contributed by atoms with Gasteiger partial charge >= 0.3 is 11.7 Å². The number of rotatable bonds is 3. The molecule has 2 aliphatic heterocycles. The van der Waals surface area contributed by atoms with Crippen molar-refractivity contribution in [2.75, 3.05) is 48.6 Å². The Morgan fingerprint density at radius 3 is 2.42 bits per heavy atom. The van der Waals surface area contributed by atoms with E-state index in [4.69, 9.17) is 14.2 Å². The highest BCUT2D eigenvalue weighted by Gasteiger charge is 2.20. The smallest absolute Gasteiger partial charge is 0.328 e. The zero-order chi connectivity index (χ0) is 21.5. The minimum absolute atomic E-state index is 0.120. The molecule has 2 aromatic carbocycles. The number of imidazole rings is 1. The summed E-state index contributed by atoms with van der Waals surface area (Å²) >= 11 is 0. The summed E-state index contributed by atoms with van der Waals surface area (Å²) in [5.74, 6) is 1.24. The minimum atomic E-state index is -0.395. The van der Waals surface area contributed by atoms with Gasteiger partial charge in [0.2, 0.25) is 6.79 Å². The van der Waals surface area contributed by atoms with Crippen LogP contribution < -0.4 is 30.7 Å². The number of nitrogens with one attached hydrogen (secondary N) is 2. The molecule has 5 rings (SSSR count). The minimum Gasteiger partial charge on any atom is -0.454 e. The molecule has 0 unspecified atom stereocenters. The molecule has 1 saturated heterocycles. The summed E-state index contributed by atoms with van der Waals surface area (Å²) in [5, 5.41) is 5.77. The van der Waals surface area contributed by atoms with Crippen molar-refractivity contribution >= 4 is 34.1 Å². The van der Waals surface area contributed by atoms with Crippen molar-refractivity contribution in [3.8, 4) is 11.5 Å². The Morgan fingerprint density at radius 1 is 0.935 bits per heavy atom. The molecule has 10 nitrogen and oxygen atoms in total. The summed E-state index contributed by atoms with van der Waals surface area (Å²) in [6, 6.07) is 8.60. The molecule has 31 heavy (non-hydrogen) atoms. The number of amides is 2. The van der Waals surface area contributed by atoms with E-state index in [1.807, 2.05) is 12.1 Å². The van der Waals surface area contributed by atoms with E-state index >= 15 is 0 Å². The largest absolute Gasteiger partial charge is 0.454 e. The van der Waals surface area contributed by atoms with Crippen LogP contribution in [0.4, 0.5) is 21.9 Å². The SMILES string of the molecule is Cn1c(=O)n(C)c2cc(N3CCOCC3)c(NC(=O)Nc3ccc4c(c3)OCO4)cc21. The molecule has 2 N–H and O–H groups in total. The highest BCUT2D eigenvalue weighted by atomic mass is 16.7. The van der Waals surface area contributed by atoms with Gasteiger partial charge in [0.1, 0.15) is 0 Å². The second-order valence-electron chi connectivity index (χ2n) is 7.51. The van der Waals surface area contributed by atoms with E-state index in [1.54, 1.807) is 41.4 Å². The molecule has 1 aromatic heterocycles. The number of aryl methyl sites for hydroxylation is 2. The highest BCUT2D eigenvalue weighted by Crippen LogP contribution is 2.35. The Labute approximate surface area is 177 Å². The van der Waals surface area contributed by atoms with Gasteiger partial charge in [0.15, 0.2) is 11.5 Å². The first-order valence-corrected chi connectivity index (χ1v) is 10.0. The van der Waals surface area contributed by atoms with E-state index in [9.17, 15) is 9.59 Å². The average Bonchev–Trinajstić information content (AvgIpc) is 3.32. The van der Waals surface area contributed by atoms with E-state index in [0.717, 1.165) is 16.7 Å². The average molecular weight is 425 g/mol. The van der Waals surface area contributed by atoms with Crippen LogP contribution in [0.1, 0.15) is 0 Å². The summed E-state index contributed by atoms with van der Waals surface area (Å²) in [6.07, 6.45) is 0. The number of anilines is 3. The van der Waals surface area contributed by atoms with Gasteiger partial charge in [-0.05, 0) is 24.3 Å². The fourth-order valence-corrected chi connectivity index (χ4v) is 3.96. The Balaban J connectivity index is 1.47. The Bertz CT molecular complexity index is 1230. The van der Waals surface area contributed by atoms with Crippen molar-refractivity contribution in [2.45, 2.75) is 0 Å². The molecule has 0 saturated carbocycles. The quantitative estimate of drug-likeness (QED) is 0.667. The lowest BCUT2D eigenvalue weighted by molar-refractivity contribution is 0.123. The molecule has 0 bridgehead atoms. The molecule has 2 amide bonds. The lowest BCUT2D eigenvalue weighted by Gasteiger charge is -2.30. The van der Waals surface area contributed by atoms with Gasteiger partial charge in [-0.15, -0.1) is 0 Å². The number of benzene rings is 2. The molecule has 162 valence electrons. The molecule has 0 spiro atoms. The number of morpholine rings is 1. The van der Waals surface area contributed by atoms with Gasteiger partial charge in [0.25, 0.3) is 0 Å². The third kappa shape index (κ3) is 3.44. The first-order valence-electron chi connectivity index (χ1n) is 10.0. The predicted molar refractivity (Wildman–Crippen MR) is 116 cm³/mol. The lowest BCUT2D eigenvalue weighted by Crippen LogP contribution is -2.37. The van der Waals surface area contributed by atoms with Crippen molar-refractivity contribution in [3.05, 3.63) is 40.8 Å². The molecule has 3 heterocycles. The van der Waals surface area contributed by atoms with Crippen molar-refractivity contribution in [1.82, 2.24) is 9.13 Å². The fourth-order valence-electron chi connectivity index (χ4n) is 3.96. The summed E-state index contributed by atoms with van der Waals surface area (Å²) < 4.78 is 19.3. The molecule has 10 heteroatoms. The maximum Gasteiger partial charge on any atom is 0.328 e. The van der Waals surface area contributed by atoms with Crippen LogP contribution in [-0.2, 0) is 18.8 Å². The maximum absolute atomic E-state index is 12.8. The van der Waals surface area contributed by atoms with Gasteiger partial charge in [0, 0.05) is 38.9 Å². The highest BCUT2D eigenvalue weighted by molar-refractivity contribution is 6.04. The first kappa shape index (κ1) is 19.3. The summed E-state index contributed by atoms with van der Waals surface area (Å²) in [4.78, 5) is 27.4. The van der Waals surface area contributed by atoms with Gasteiger partial charge in [-0.25, -0.2) is 9.59 Å². The summed E-state index contributed by atoms with van der Waals surface area (Å²) in [6.45, 7) is 2.78. The molecule has 2 aliphatic rings. The van der Waals surface area contributed by atoms with Crippen molar-refractivity contribution in [1.29, 1.82) is 0 Å². The van der Waals surface area contributed by atoms with Crippen LogP contribution in [0, 0.1) is 0 Å². The zero-order valence-electron chi connectivity index (χ0n) is 17.3. The number of fused-ring (bicyclic) bond motifs is 2. The van der Waals surface area contributed by atoms with E-state index in [1.165, 1.54) is 0 Å². The number of ether oxygens (including phenoxy) is 3. The second kappa shape index (κ2) is 7.55. The Kier molecular flexibility index (Phi) is 4.70. The molecule has 0 atom stereocenters. The maximum atomic E-state index is 12.8. The monoisotopic (exact) mass is 425 g/mol. The third-order valence-electron chi connectivity index (χ3n) is 5.62. The lowest BCUT2D eigenvalue weighted by atomic mass is 10.2. The van der Waals surface area contributed by atoms with Crippen molar-refractivity contribution in [3.63, 3.8) is 0 Å². The van der Waals surface area contributed by atoms with Crippen LogP contribution >= 0.6 is 0 Å².